The Labute approximate surface area is 165 Å². The van der Waals surface area contributed by atoms with Gasteiger partial charge in [0.2, 0.25) is 0 Å². The summed E-state index contributed by atoms with van der Waals surface area (Å²) in [4.78, 5) is 12.1. The van der Waals surface area contributed by atoms with Crippen molar-refractivity contribution in [2.24, 2.45) is 11.8 Å². The van der Waals surface area contributed by atoms with Crippen LogP contribution in [-0.2, 0) is 9.53 Å². The van der Waals surface area contributed by atoms with E-state index in [2.05, 4.69) is 81.4 Å². The molecule has 0 amide bonds. The molecule has 2 aromatic carbocycles. The van der Waals surface area contributed by atoms with E-state index in [1.165, 1.54) is 23.5 Å². The SMILES string of the molecule is COC(=O)C1CCC1CC[Si](c1ccccc1)(c1ccccc1)C(C)(C)C. The van der Waals surface area contributed by atoms with Crippen LogP contribution in [0.3, 0.4) is 0 Å². The highest BCUT2D eigenvalue weighted by Gasteiger charge is 2.48. The van der Waals surface area contributed by atoms with Crippen molar-refractivity contribution in [3.63, 3.8) is 0 Å². The Kier molecular flexibility index (Phi) is 5.90. The zero-order chi connectivity index (χ0) is 19.5. The molecule has 0 bridgehead atoms. The van der Waals surface area contributed by atoms with E-state index < -0.39 is 8.07 Å². The molecule has 0 N–H and O–H groups in total. The average molecular weight is 381 g/mol. The van der Waals surface area contributed by atoms with Gasteiger partial charge >= 0.3 is 5.97 Å². The fourth-order valence-corrected chi connectivity index (χ4v) is 10.6. The van der Waals surface area contributed by atoms with Gasteiger partial charge in [0.15, 0.2) is 0 Å². The fraction of sp³-hybridized carbons (Fsp3) is 0.458. The van der Waals surface area contributed by atoms with Crippen LogP contribution < -0.4 is 10.4 Å². The first kappa shape index (κ1) is 19.9. The van der Waals surface area contributed by atoms with Crippen LogP contribution in [0.15, 0.2) is 60.7 Å². The maximum Gasteiger partial charge on any atom is 0.308 e. The standard InChI is InChI=1S/C24H32O2Si/c1-24(2,3)27(20-11-7-5-8-12-20,21-13-9-6-10-14-21)18-17-19-15-16-22(19)23(25)26-4/h5-14,19,22H,15-18H2,1-4H3. The third-order valence-corrected chi connectivity index (χ3v) is 12.9. The summed E-state index contributed by atoms with van der Waals surface area (Å²) in [6.07, 6.45) is 3.24. The summed E-state index contributed by atoms with van der Waals surface area (Å²) in [7, 11) is -0.507. The molecule has 0 heterocycles. The van der Waals surface area contributed by atoms with E-state index >= 15 is 0 Å². The molecule has 2 nitrogen and oxygen atoms in total. The van der Waals surface area contributed by atoms with E-state index in [0.717, 1.165) is 19.3 Å². The van der Waals surface area contributed by atoms with Gasteiger partial charge in [-0.3, -0.25) is 4.79 Å². The van der Waals surface area contributed by atoms with Gasteiger partial charge in [-0.1, -0.05) is 98.2 Å². The predicted octanol–water partition coefficient (Wildman–Crippen LogP) is 4.64. The van der Waals surface area contributed by atoms with Crippen LogP contribution in [0.4, 0.5) is 0 Å². The Hall–Kier alpha value is -1.87. The van der Waals surface area contributed by atoms with Gasteiger partial charge in [-0.2, -0.15) is 0 Å². The molecule has 2 unspecified atom stereocenters. The van der Waals surface area contributed by atoms with Crippen molar-refractivity contribution in [3.05, 3.63) is 60.7 Å². The van der Waals surface area contributed by atoms with Gasteiger partial charge in [-0.25, -0.2) is 0 Å². The van der Waals surface area contributed by atoms with Crippen LogP contribution in [0.1, 0.15) is 40.0 Å². The van der Waals surface area contributed by atoms with Gasteiger partial charge in [0, 0.05) is 0 Å². The molecular weight excluding hydrogens is 348 g/mol. The second kappa shape index (κ2) is 8.01. The molecule has 3 rings (SSSR count). The lowest BCUT2D eigenvalue weighted by atomic mass is 9.72. The van der Waals surface area contributed by atoms with E-state index in [4.69, 9.17) is 4.74 Å². The normalized spacial score (nSPS) is 20.0. The Morgan fingerprint density at radius 3 is 1.85 bits per heavy atom. The van der Waals surface area contributed by atoms with Crippen LogP contribution >= 0.6 is 0 Å². The molecule has 1 saturated carbocycles. The largest absolute Gasteiger partial charge is 0.469 e. The first-order chi connectivity index (χ1) is 12.9. The lowest BCUT2D eigenvalue weighted by Gasteiger charge is -2.46. The molecule has 144 valence electrons. The van der Waals surface area contributed by atoms with Crippen molar-refractivity contribution >= 4 is 24.4 Å². The highest BCUT2D eigenvalue weighted by Crippen LogP contribution is 2.44. The lowest BCUT2D eigenvalue weighted by molar-refractivity contribution is -0.151. The molecule has 0 aromatic heterocycles. The molecule has 0 radical (unpaired) electrons. The predicted molar refractivity (Wildman–Crippen MR) is 115 cm³/mol. The lowest BCUT2D eigenvalue weighted by Crippen LogP contribution is -2.64. The molecule has 27 heavy (non-hydrogen) atoms. The van der Waals surface area contributed by atoms with Crippen molar-refractivity contribution in [3.8, 4) is 0 Å². The van der Waals surface area contributed by atoms with Gasteiger partial charge < -0.3 is 4.74 Å². The monoisotopic (exact) mass is 380 g/mol. The number of hydrogen-bond donors (Lipinski definition) is 0. The topological polar surface area (TPSA) is 26.3 Å². The molecule has 1 aliphatic carbocycles. The Morgan fingerprint density at radius 1 is 0.963 bits per heavy atom. The summed E-state index contributed by atoms with van der Waals surface area (Å²) < 4.78 is 5.03. The fourth-order valence-electron chi connectivity index (χ4n) is 4.92. The number of methoxy groups -OCH3 is 1. The molecule has 0 saturated heterocycles. The maximum atomic E-state index is 12.1. The minimum atomic E-state index is -2.02. The molecule has 0 aliphatic heterocycles. The molecule has 2 aromatic rings. The van der Waals surface area contributed by atoms with Crippen molar-refractivity contribution < 1.29 is 9.53 Å². The molecule has 3 heteroatoms. The second-order valence-electron chi connectivity index (χ2n) is 8.89. The van der Waals surface area contributed by atoms with E-state index in [1.54, 1.807) is 0 Å². The second-order valence-corrected chi connectivity index (χ2v) is 13.9. The summed E-state index contributed by atoms with van der Waals surface area (Å²) in [5.41, 5.74) is 0. The highest BCUT2D eigenvalue weighted by atomic mass is 28.3. The molecule has 1 aliphatic rings. The van der Waals surface area contributed by atoms with Gasteiger partial charge in [-0.15, -0.1) is 0 Å². The van der Waals surface area contributed by atoms with E-state index in [0.29, 0.717) is 5.92 Å². The third kappa shape index (κ3) is 3.75. The molecular formula is C24H32O2Si. The minimum Gasteiger partial charge on any atom is -0.469 e. The smallest absolute Gasteiger partial charge is 0.308 e. The quantitative estimate of drug-likeness (QED) is 0.539. The van der Waals surface area contributed by atoms with Gasteiger partial charge in [-0.05, 0) is 29.8 Å². The number of esters is 1. The Morgan fingerprint density at radius 2 is 1.48 bits per heavy atom. The summed E-state index contributed by atoms with van der Waals surface area (Å²) in [6, 6.07) is 23.4. The maximum absolute atomic E-state index is 12.1. The Balaban J connectivity index is 1.98. The third-order valence-electron chi connectivity index (χ3n) is 6.63. The zero-order valence-electron chi connectivity index (χ0n) is 17.1. The van der Waals surface area contributed by atoms with Crippen molar-refractivity contribution in [1.29, 1.82) is 0 Å². The number of hydrogen-bond acceptors (Lipinski definition) is 2. The summed E-state index contributed by atoms with van der Waals surface area (Å²) in [5, 5.41) is 3.18. The summed E-state index contributed by atoms with van der Waals surface area (Å²) >= 11 is 0. The van der Waals surface area contributed by atoms with Gasteiger partial charge in [0.25, 0.3) is 0 Å². The molecule has 0 spiro atoms. The molecule has 2 atom stereocenters. The number of carbonyl (C=O) groups is 1. The summed E-state index contributed by atoms with van der Waals surface area (Å²) in [6.45, 7) is 7.20. The van der Waals surface area contributed by atoms with Crippen LogP contribution in [0, 0.1) is 11.8 Å². The first-order valence-electron chi connectivity index (χ1n) is 10.1. The number of ether oxygens (including phenoxy) is 1. The molecule has 1 fully saturated rings. The number of benzene rings is 2. The van der Waals surface area contributed by atoms with Gasteiger partial charge in [0.05, 0.1) is 13.0 Å². The van der Waals surface area contributed by atoms with Crippen LogP contribution in [0.25, 0.3) is 0 Å². The number of carbonyl (C=O) groups excluding carboxylic acids is 1. The van der Waals surface area contributed by atoms with Crippen molar-refractivity contribution in [2.45, 2.75) is 51.1 Å². The van der Waals surface area contributed by atoms with Crippen LogP contribution in [0.5, 0.6) is 0 Å². The van der Waals surface area contributed by atoms with E-state index in [1.807, 2.05) is 0 Å². The first-order valence-corrected chi connectivity index (χ1v) is 12.3. The van der Waals surface area contributed by atoms with Crippen molar-refractivity contribution in [2.75, 3.05) is 7.11 Å². The van der Waals surface area contributed by atoms with Crippen LogP contribution in [0.2, 0.25) is 11.1 Å². The highest BCUT2D eigenvalue weighted by molar-refractivity contribution is 7.04. The Bertz CT molecular complexity index is 709. The minimum absolute atomic E-state index is 0.0197. The van der Waals surface area contributed by atoms with E-state index in [-0.39, 0.29) is 16.9 Å². The van der Waals surface area contributed by atoms with Crippen LogP contribution in [-0.4, -0.2) is 21.2 Å². The average Bonchev–Trinajstić information content (AvgIpc) is 2.64. The van der Waals surface area contributed by atoms with Gasteiger partial charge in [0.1, 0.15) is 8.07 Å². The zero-order valence-corrected chi connectivity index (χ0v) is 18.1. The summed E-state index contributed by atoms with van der Waals surface area (Å²) in [5.74, 6) is 0.556. The van der Waals surface area contributed by atoms with Crippen molar-refractivity contribution in [1.82, 2.24) is 0 Å². The van der Waals surface area contributed by atoms with E-state index in [9.17, 15) is 4.79 Å². The number of rotatable bonds is 6.